The highest BCUT2D eigenvalue weighted by Crippen LogP contribution is 2.25. The summed E-state index contributed by atoms with van der Waals surface area (Å²) in [6.45, 7) is -0.736. The van der Waals surface area contributed by atoms with Crippen LogP contribution in [0.3, 0.4) is 0 Å². The first kappa shape index (κ1) is 17.0. The first-order chi connectivity index (χ1) is 9.87. The molecule has 0 saturated carbocycles. The molecule has 2 heterocycles. The van der Waals surface area contributed by atoms with Gasteiger partial charge in [0.1, 0.15) is 11.0 Å². The molecule has 0 aromatic carbocycles. The molecule has 4 nitrogen and oxygen atoms in total. The van der Waals surface area contributed by atoms with Gasteiger partial charge in [0, 0.05) is 29.1 Å². The third-order valence-electron chi connectivity index (χ3n) is 2.72. The molecule has 1 N–H and O–H groups in total. The van der Waals surface area contributed by atoms with Crippen molar-refractivity contribution in [3.63, 3.8) is 0 Å². The van der Waals surface area contributed by atoms with E-state index in [1.807, 2.05) is 23.5 Å². The second-order valence-electron chi connectivity index (χ2n) is 4.40. The molecule has 1 aliphatic heterocycles. The Morgan fingerprint density at radius 3 is 2.86 bits per heavy atom. The molecule has 2 rings (SSSR count). The molecular formula is C11H13BrF3N3OS2. The zero-order valence-electron chi connectivity index (χ0n) is 10.8. The number of rotatable bonds is 4. The largest absolute Gasteiger partial charge is 0.408 e. The highest BCUT2D eigenvalue weighted by atomic mass is 79.9. The number of nitrogens with zero attached hydrogens (tertiary/aromatic N) is 2. The maximum absolute atomic E-state index is 12.3. The van der Waals surface area contributed by atoms with Crippen LogP contribution in [0.4, 0.5) is 18.9 Å². The zero-order chi connectivity index (χ0) is 15.5. The smallest absolute Gasteiger partial charge is 0.382 e. The van der Waals surface area contributed by atoms with Crippen molar-refractivity contribution in [2.75, 3.05) is 29.1 Å². The molecule has 0 amide bonds. The molecule has 0 radical (unpaired) electrons. The summed E-state index contributed by atoms with van der Waals surface area (Å²) in [5, 5.41) is 7.07. The summed E-state index contributed by atoms with van der Waals surface area (Å²) in [5.74, 6) is 3.25. The Kier molecular flexibility index (Phi) is 5.89. The van der Waals surface area contributed by atoms with Gasteiger partial charge in [0.05, 0.1) is 11.9 Å². The van der Waals surface area contributed by atoms with E-state index in [1.54, 1.807) is 0 Å². The Bertz CT molecular complexity index is 546. The van der Waals surface area contributed by atoms with Crippen LogP contribution in [0.2, 0.25) is 0 Å². The standard InChI is InChI=1S/C11H13BrF3N3OS2/c12-9-8(16-3-7-5-20-1-2-21-7)4-17-18(10(9)19)6-11(13,14)15/h4,7,16H,1-3,5-6H2. The number of aromatic nitrogens is 2. The molecule has 118 valence electrons. The van der Waals surface area contributed by atoms with Crippen molar-refractivity contribution in [2.45, 2.75) is 18.0 Å². The summed E-state index contributed by atoms with van der Waals surface area (Å²) in [6, 6.07) is 0. The predicted octanol–water partition coefficient (Wildman–Crippen LogP) is 2.83. The molecule has 1 aromatic rings. The average molecular weight is 404 g/mol. The topological polar surface area (TPSA) is 46.9 Å². The predicted molar refractivity (Wildman–Crippen MR) is 84.3 cm³/mol. The van der Waals surface area contributed by atoms with Crippen LogP contribution < -0.4 is 10.9 Å². The lowest BCUT2D eigenvalue weighted by atomic mass is 10.4. The van der Waals surface area contributed by atoms with Gasteiger partial charge in [-0.05, 0) is 15.9 Å². The second-order valence-corrected chi connectivity index (χ2v) is 7.75. The molecule has 1 fully saturated rings. The van der Waals surface area contributed by atoms with Crippen molar-refractivity contribution in [1.82, 2.24) is 9.78 Å². The number of hydrogen-bond acceptors (Lipinski definition) is 5. The first-order valence-corrected chi connectivity index (χ1v) is 9.12. The van der Waals surface area contributed by atoms with E-state index in [1.165, 1.54) is 6.20 Å². The van der Waals surface area contributed by atoms with Gasteiger partial charge in [-0.3, -0.25) is 4.79 Å². The van der Waals surface area contributed by atoms with Crippen LogP contribution >= 0.6 is 39.5 Å². The first-order valence-electron chi connectivity index (χ1n) is 6.12. The number of alkyl halides is 3. The van der Waals surface area contributed by atoms with E-state index >= 15 is 0 Å². The van der Waals surface area contributed by atoms with Crippen LogP contribution in [0, 0.1) is 0 Å². The Hall–Kier alpha value is -0.350. The van der Waals surface area contributed by atoms with Gasteiger partial charge in [0.25, 0.3) is 5.56 Å². The van der Waals surface area contributed by atoms with Crippen LogP contribution in [-0.4, -0.2) is 45.0 Å². The minimum Gasteiger partial charge on any atom is -0.382 e. The molecule has 10 heteroatoms. The third kappa shape index (κ3) is 5.10. The fraction of sp³-hybridized carbons (Fsp3) is 0.636. The van der Waals surface area contributed by atoms with Crippen molar-refractivity contribution in [1.29, 1.82) is 0 Å². The fourth-order valence-electron chi connectivity index (χ4n) is 1.75. The van der Waals surface area contributed by atoms with E-state index in [4.69, 9.17) is 0 Å². The van der Waals surface area contributed by atoms with E-state index in [2.05, 4.69) is 26.3 Å². The van der Waals surface area contributed by atoms with Crippen LogP contribution in [0.15, 0.2) is 15.5 Å². The number of anilines is 1. The maximum atomic E-state index is 12.3. The summed E-state index contributed by atoms with van der Waals surface area (Å²) in [5.41, 5.74) is -0.363. The van der Waals surface area contributed by atoms with Crippen LogP contribution in [0.25, 0.3) is 0 Å². The Morgan fingerprint density at radius 1 is 1.48 bits per heavy atom. The summed E-state index contributed by atoms with van der Waals surface area (Å²) in [6.07, 6.45) is -3.22. The Morgan fingerprint density at radius 2 is 2.24 bits per heavy atom. The maximum Gasteiger partial charge on any atom is 0.408 e. The van der Waals surface area contributed by atoms with Gasteiger partial charge in [-0.2, -0.15) is 41.8 Å². The molecule has 1 unspecified atom stereocenters. The molecule has 0 bridgehead atoms. The summed E-state index contributed by atoms with van der Waals surface area (Å²) < 4.78 is 37.4. The van der Waals surface area contributed by atoms with Crippen molar-refractivity contribution in [3.05, 3.63) is 21.0 Å². The van der Waals surface area contributed by atoms with E-state index in [0.717, 1.165) is 17.3 Å². The molecule has 1 saturated heterocycles. The van der Waals surface area contributed by atoms with Crippen molar-refractivity contribution in [3.8, 4) is 0 Å². The molecule has 1 aliphatic rings. The SMILES string of the molecule is O=c1c(Br)c(NCC2CSCCS2)cnn1CC(F)(F)F. The number of thioether (sulfide) groups is 2. The molecule has 1 aromatic heterocycles. The highest BCUT2D eigenvalue weighted by molar-refractivity contribution is 9.10. The number of halogens is 4. The minimum absolute atomic E-state index is 0.0789. The Labute approximate surface area is 136 Å². The van der Waals surface area contributed by atoms with Crippen molar-refractivity contribution < 1.29 is 13.2 Å². The van der Waals surface area contributed by atoms with Gasteiger partial charge in [0.15, 0.2) is 0 Å². The van der Waals surface area contributed by atoms with Gasteiger partial charge in [-0.15, -0.1) is 0 Å². The molecule has 0 spiro atoms. The van der Waals surface area contributed by atoms with Crippen LogP contribution in [-0.2, 0) is 6.54 Å². The lowest BCUT2D eigenvalue weighted by Gasteiger charge is -2.22. The van der Waals surface area contributed by atoms with Crippen LogP contribution in [0.1, 0.15) is 0 Å². The molecule has 0 aliphatic carbocycles. The highest BCUT2D eigenvalue weighted by Gasteiger charge is 2.29. The Balaban J connectivity index is 2.04. The summed E-state index contributed by atoms with van der Waals surface area (Å²) >= 11 is 6.78. The van der Waals surface area contributed by atoms with E-state index in [9.17, 15) is 18.0 Å². The average Bonchev–Trinajstić information content (AvgIpc) is 2.43. The molecular weight excluding hydrogens is 391 g/mol. The molecule has 1 atom stereocenters. The lowest BCUT2D eigenvalue weighted by molar-refractivity contribution is -0.143. The lowest BCUT2D eigenvalue weighted by Crippen LogP contribution is -2.31. The summed E-state index contributed by atoms with van der Waals surface area (Å²) in [4.78, 5) is 11.8. The van der Waals surface area contributed by atoms with Crippen LogP contribution in [0.5, 0.6) is 0 Å². The monoisotopic (exact) mass is 403 g/mol. The zero-order valence-corrected chi connectivity index (χ0v) is 14.0. The van der Waals surface area contributed by atoms with Gasteiger partial charge in [-0.1, -0.05) is 0 Å². The van der Waals surface area contributed by atoms with Gasteiger partial charge in [0.2, 0.25) is 0 Å². The van der Waals surface area contributed by atoms with Gasteiger partial charge < -0.3 is 5.32 Å². The number of hydrogen-bond donors (Lipinski definition) is 1. The normalized spacial score (nSPS) is 19.5. The second kappa shape index (κ2) is 7.28. The van der Waals surface area contributed by atoms with E-state index in [0.29, 0.717) is 22.2 Å². The number of nitrogens with one attached hydrogen (secondary N) is 1. The van der Waals surface area contributed by atoms with Crippen molar-refractivity contribution in [2.24, 2.45) is 0 Å². The quantitative estimate of drug-likeness (QED) is 0.837. The van der Waals surface area contributed by atoms with Gasteiger partial charge >= 0.3 is 6.18 Å². The fourth-order valence-corrected chi connectivity index (χ4v) is 4.81. The van der Waals surface area contributed by atoms with E-state index < -0.39 is 18.3 Å². The van der Waals surface area contributed by atoms with E-state index in [-0.39, 0.29) is 4.47 Å². The minimum atomic E-state index is -4.47. The molecule has 21 heavy (non-hydrogen) atoms. The van der Waals surface area contributed by atoms with Gasteiger partial charge in [-0.25, -0.2) is 4.68 Å². The summed E-state index contributed by atoms with van der Waals surface area (Å²) in [7, 11) is 0. The van der Waals surface area contributed by atoms with Crippen molar-refractivity contribution >= 4 is 45.1 Å². The third-order valence-corrected chi connectivity index (χ3v) is 6.33.